The molecule has 6 rings (SSSR count). The van der Waals surface area contributed by atoms with Gasteiger partial charge in [-0.05, 0) is 48.4 Å². The van der Waals surface area contributed by atoms with Gasteiger partial charge in [0.15, 0.2) is 0 Å². The quantitative estimate of drug-likeness (QED) is 0.626. The summed E-state index contributed by atoms with van der Waals surface area (Å²) in [5.74, 6) is -1.23. The molecule has 172 valence electrons. The normalized spacial score (nSPS) is 33.1. The average Bonchev–Trinajstić information content (AvgIpc) is 3.48. The van der Waals surface area contributed by atoms with Crippen LogP contribution in [0.2, 0.25) is 5.02 Å². The molecule has 0 spiro atoms. The summed E-state index contributed by atoms with van der Waals surface area (Å²) in [6, 6.07) is 6.68. The minimum atomic E-state index is -0.404. The number of anilines is 1. The van der Waals surface area contributed by atoms with Crippen LogP contribution in [0.3, 0.4) is 0 Å². The summed E-state index contributed by atoms with van der Waals surface area (Å²) >= 11 is 8.81. The van der Waals surface area contributed by atoms with Gasteiger partial charge >= 0.3 is 4.87 Å². The molecule has 1 saturated heterocycles. The van der Waals surface area contributed by atoms with Crippen LogP contribution in [0.5, 0.6) is 0 Å². The summed E-state index contributed by atoms with van der Waals surface area (Å²) in [6.07, 6.45) is 0.850. The fraction of sp³-hybridized carbons (Fsp3) is 0.478. The summed E-state index contributed by atoms with van der Waals surface area (Å²) < 4.78 is 0. The van der Waals surface area contributed by atoms with Crippen molar-refractivity contribution in [1.82, 2.24) is 9.88 Å². The Kier molecular flexibility index (Phi) is 4.68. The van der Waals surface area contributed by atoms with Crippen LogP contribution in [0.1, 0.15) is 25.1 Å². The fourth-order valence-corrected chi connectivity index (χ4v) is 10.0. The summed E-state index contributed by atoms with van der Waals surface area (Å²) in [7, 11) is 0. The molecule has 2 bridgehead atoms. The van der Waals surface area contributed by atoms with Crippen LogP contribution in [0.15, 0.2) is 34.1 Å². The van der Waals surface area contributed by atoms with Crippen LogP contribution in [0, 0.1) is 29.6 Å². The minimum absolute atomic E-state index is 0.0573. The highest BCUT2D eigenvalue weighted by atomic mass is 35.5. The monoisotopic (exact) mass is 503 g/mol. The van der Waals surface area contributed by atoms with E-state index in [1.165, 1.54) is 11.3 Å². The third kappa shape index (κ3) is 3.01. The molecule has 3 fully saturated rings. The number of nitrogens with one attached hydrogen (secondary N) is 2. The minimum Gasteiger partial charge on any atom is -0.325 e. The van der Waals surface area contributed by atoms with E-state index in [2.05, 4.69) is 24.1 Å². The number of nitrogens with zero attached hydrogens (tertiary/aromatic N) is 1. The first-order valence-electron chi connectivity index (χ1n) is 11.0. The van der Waals surface area contributed by atoms with E-state index in [1.54, 1.807) is 36.0 Å². The van der Waals surface area contributed by atoms with Crippen molar-refractivity contribution in [3.8, 4) is 0 Å². The maximum absolute atomic E-state index is 13.4. The Morgan fingerprint density at radius 3 is 2.52 bits per heavy atom. The van der Waals surface area contributed by atoms with Crippen molar-refractivity contribution in [2.75, 3.05) is 11.9 Å². The predicted molar refractivity (Wildman–Crippen MR) is 126 cm³/mol. The van der Waals surface area contributed by atoms with E-state index in [4.69, 9.17) is 11.6 Å². The van der Waals surface area contributed by atoms with E-state index in [0.717, 1.165) is 21.2 Å². The largest absolute Gasteiger partial charge is 0.325 e. The van der Waals surface area contributed by atoms with Gasteiger partial charge in [-0.15, -0.1) is 11.8 Å². The average molecular weight is 504 g/mol. The number of hydrogen-bond acceptors (Lipinski definition) is 6. The molecular formula is C23H22ClN3O4S2. The van der Waals surface area contributed by atoms with E-state index >= 15 is 0 Å². The molecule has 7 nitrogen and oxygen atoms in total. The molecule has 0 radical (unpaired) electrons. The van der Waals surface area contributed by atoms with Crippen LogP contribution in [-0.4, -0.2) is 39.4 Å². The number of likely N-dealkylation sites (tertiary alicyclic amines) is 1. The zero-order chi connectivity index (χ0) is 23.2. The number of aromatic amines is 1. The van der Waals surface area contributed by atoms with Crippen molar-refractivity contribution in [3.63, 3.8) is 0 Å². The van der Waals surface area contributed by atoms with Crippen molar-refractivity contribution < 1.29 is 14.4 Å². The lowest BCUT2D eigenvalue weighted by molar-refractivity contribution is -0.143. The number of rotatable bonds is 3. The number of thioether (sulfide) groups is 1. The first kappa shape index (κ1) is 21.4. The van der Waals surface area contributed by atoms with Gasteiger partial charge in [-0.1, -0.05) is 36.8 Å². The van der Waals surface area contributed by atoms with Crippen molar-refractivity contribution >= 4 is 58.1 Å². The third-order valence-corrected chi connectivity index (χ3v) is 11.0. The van der Waals surface area contributed by atoms with Crippen molar-refractivity contribution in [2.24, 2.45) is 29.6 Å². The van der Waals surface area contributed by atoms with Gasteiger partial charge in [-0.25, -0.2) is 0 Å². The Morgan fingerprint density at radius 2 is 1.82 bits per heavy atom. The standard InChI is InChI=1S/C23H22ClN3O4S2/c1-23(2)16-11-7-12(17(16)32-19-18(23)33-22(31)26-19)15-14(11)20(29)27(21(15)30)8-13(28)25-10-5-3-9(24)4-6-10/h3-6,11-12,14-17H,7-8H2,1-2H3,(H,25,28)(H,26,31)/t11-,12+,14+,15+,16+,17+/m0/s1. The highest BCUT2D eigenvalue weighted by molar-refractivity contribution is 8.00. The van der Waals surface area contributed by atoms with Crippen LogP contribution >= 0.6 is 34.7 Å². The number of H-pyrrole nitrogens is 1. The highest BCUT2D eigenvalue weighted by Gasteiger charge is 2.70. The van der Waals surface area contributed by atoms with E-state index in [9.17, 15) is 19.2 Å². The number of fused-ring (bicyclic) bond motifs is 9. The van der Waals surface area contributed by atoms with E-state index < -0.39 is 5.91 Å². The van der Waals surface area contributed by atoms with Gasteiger partial charge in [0.2, 0.25) is 17.7 Å². The van der Waals surface area contributed by atoms with E-state index in [-0.39, 0.29) is 63.5 Å². The maximum Gasteiger partial charge on any atom is 0.305 e. The molecule has 3 amide bonds. The molecule has 2 aliphatic carbocycles. The molecule has 3 heterocycles. The number of halogens is 1. The number of carbonyl (C=O) groups excluding carboxylic acids is 3. The summed E-state index contributed by atoms with van der Waals surface area (Å²) in [5, 5.41) is 4.39. The van der Waals surface area contributed by atoms with Gasteiger partial charge in [0.25, 0.3) is 0 Å². The SMILES string of the molecule is CC1(C)c2sc(=O)[nH]c2S[C@@H]2[C@@H]3C[C@@H]([C@H]4C(=O)N(CC(=O)Nc5ccc(Cl)cc5)C(=O)[C@H]34)[C@H]21. The van der Waals surface area contributed by atoms with Crippen molar-refractivity contribution in [2.45, 2.75) is 36.0 Å². The molecular weight excluding hydrogens is 482 g/mol. The zero-order valence-corrected chi connectivity index (χ0v) is 20.4. The Labute approximate surface area is 203 Å². The van der Waals surface area contributed by atoms with Crippen molar-refractivity contribution in [3.05, 3.63) is 43.8 Å². The van der Waals surface area contributed by atoms with Gasteiger partial charge in [0.05, 0.1) is 16.9 Å². The summed E-state index contributed by atoms with van der Waals surface area (Å²) in [6.45, 7) is 4.03. The Morgan fingerprint density at radius 1 is 1.15 bits per heavy atom. The van der Waals surface area contributed by atoms with E-state index in [0.29, 0.717) is 10.7 Å². The molecule has 33 heavy (non-hydrogen) atoms. The Balaban J connectivity index is 1.25. The summed E-state index contributed by atoms with van der Waals surface area (Å²) in [4.78, 5) is 56.5. The van der Waals surface area contributed by atoms with Crippen LogP contribution < -0.4 is 10.2 Å². The molecule has 6 atom stereocenters. The van der Waals surface area contributed by atoms with Gasteiger partial charge in [0.1, 0.15) is 6.54 Å². The molecule has 2 aromatic rings. The van der Waals surface area contributed by atoms with Crippen LogP contribution in [-0.2, 0) is 19.8 Å². The molecule has 1 aromatic heterocycles. The lowest BCUT2D eigenvalue weighted by Crippen LogP contribution is -2.48. The van der Waals surface area contributed by atoms with E-state index in [1.807, 2.05) is 0 Å². The zero-order valence-electron chi connectivity index (χ0n) is 18.0. The number of thiazole rings is 1. The lowest BCUT2D eigenvalue weighted by Gasteiger charge is -2.47. The Hall–Kier alpha value is -2.10. The first-order valence-corrected chi connectivity index (χ1v) is 13.0. The maximum atomic E-state index is 13.4. The Bertz CT molecular complexity index is 1250. The number of hydrogen-bond donors (Lipinski definition) is 2. The van der Waals surface area contributed by atoms with Gasteiger partial charge in [-0.2, -0.15) is 0 Å². The first-order chi connectivity index (χ1) is 15.7. The second kappa shape index (κ2) is 7.20. The van der Waals surface area contributed by atoms with Crippen molar-refractivity contribution in [1.29, 1.82) is 0 Å². The molecule has 2 N–H and O–H groups in total. The molecule has 2 aliphatic heterocycles. The molecule has 4 aliphatic rings. The molecule has 10 heteroatoms. The van der Waals surface area contributed by atoms with Crippen LogP contribution in [0.25, 0.3) is 0 Å². The predicted octanol–water partition coefficient (Wildman–Crippen LogP) is 3.35. The fourth-order valence-electron chi connectivity index (χ4n) is 6.75. The second-order valence-corrected chi connectivity index (χ2v) is 12.5. The molecule has 0 unspecified atom stereocenters. The van der Waals surface area contributed by atoms with Crippen LogP contribution in [0.4, 0.5) is 5.69 Å². The smallest absolute Gasteiger partial charge is 0.305 e. The number of imide groups is 1. The third-order valence-electron chi connectivity index (χ3n) is 7.91. The van der Waals surface area contributed by atoms with Gasteiger partial charge in [0, 0.05) is 26.3 Å². The lowest BCUT2D eigenvalue weighted by atomic mass is 9.64. The summed E-state index contributed by atoms with van der Waals surface area (Å²) in [5.41, 5.74) is 0.315. The highest BCUT2D eigenvalue weighted by Crippen LogP contribution is 2.68. The molecule has 2 saturated carbocycles. The second-order valence-electron chi connectivity index (χ2n) is 9.94. The van der Waals surface area contributed by atoms with Gasteiger partial charge < -0.3 is 10.3 Å². The topological polar surface area (TPSA) is 99.3 Å². The number of benzene rings is 1. The number of aromatic nitrogens is 1. The molecule has 1 aromatic carbocycles. The number of amides is 3. The van der Waals surface area contributed by atoms with Gasteiger partial charge in [-0.3, -0.25) is 24.1 Å². The number of carbonyl (C=O) groups is 3.